The first-order valence-electron chi connectivity index (χ1n) is 5.52. The highest BCUT2D eigenvalue weighted by Gasteiger charge is 2.09. The van der Waals surface area contributed by atoms with E-state index in [2.05, 4.69) is 10.3 Å². The van der Waals surface area contributed by atoms with Crippen LogP contribution >= 0.6 is 34.2 Å². The topological polar surface area (TPSA) is 90.0 Å². The van der Waals surface area contributed by atoms with Crippen molar-refractivity contribution in [1.29, 1.82) is 0 Å². The summed E-state index contributed by atoms with van der Waals surface area (Å²) in [5.41, 5.74) is 6.28. The van der Waals surface area contributed by atoms with E-state index in [1.165, 1.54) is 23.2 Å². The van der Waals surface area contributed by atoms with Gasteiger partial charge in [-0.3, -0.25) is 14.2 Å². The maximum Gasteiger partial charge on any atom is 0.267 e. The van der Waals surface area contributed by atoms with Crippen molar-refractivity contribution >= 4 is 51.5 Å². The number of halogens is 2. The molecule has 2 rings (SSSR count). The van der Waals surface area contributed by atoms with Crippen LogP contribution in [0.1, 0.15) is 0 Å². The Hall–Kier alpha value is -1.61. The van der Waals surface area contributed by atoms with Crippen molar-refractivity contribution in [3.63, 3.8) is 0 Å². The summed E-state index contributed by atoms with van der Waals surface area (Å²) in [6.45, 7) is -0.134. The van der Waals surface area contributed by atoms with Gasteiger partial charge in [0.05, 0.1) is 21.3 Å². The number of nitrogens with zero attached hydrogens (tertiary/aromatic N) is 2. The van der Waals surface area contributed by atoms with Gasteiger partial charge < -0.3 is 11.1 Å². The Balaban J connectivity index is 2.13. The highest BCUT2D eigenvalue weighted by molar-refractivity contribution is 14.1. The lowest BCUT2D eigenvalue weighted by Crippen LogP contribution is -2.29. The molecule has 1 aromatic heterocycles. The number of nitrogens with one attached hydrogen (secondary N) is 1. The summed E-state index contributed by atoms with van der Waals surface area (Å²) in [6, 6.07) is 4.76. The van der Waals surface area contributed by atoms with Crippen molar-refractivity contribution in [3.05, 3.63) is 49.7 Å². The fourth-order valence-corrected chi connectivity index (χ4v) is 2.18. The van der Waals surface area contributed by atoms with Crippen LogP contribution in [0.4, 0.5) is 11.4 Å². The van der Waals surface area contributed by atoms with E-state index in [0.29, 0.717) is 20.0 Å². The number of hydrogen-bond donors (Lipinski definition) is 2. The molecule has 0 aliphatic carbocycles. The number of carbonyl (C=O) groups is 1. The van der Waals surface area contributed by atoms with Crippen LogP contribution in [-0.2, 0) is 11.3 Å². The highest BCUT2D eigenvalue weighted by Crippen LogP contribution is 2.22. The normalized spacial score (nSPS) is 10.3. The third-order valence-electron chi connectivity index (χ3n) is 2.46. The summed E-state index contributed by atoms with van der Waals surface area (Å²) < 4.78 is 1.67. The Morgan fingerprint density at radius 1 is 1.50 bits per heavy atom. The van der Waals surface area contributed by atoms with E-state index < -0.39 is 0 Å². The van der Waals surface area contributed by atoms with Gasteiger partial charge in [-0.15, -0.1) is 0 Å². The Labute approximate surface area is 133 Å². The van der Waals surface area contributed by atoms with Crippen LogP contribution in [0.3, 0.4) is 0 Å². The van der Waals surface area contributed by atoms with Crippen molar-refractivity contribution < 1.29 is 4.79 Å². The van der Waals surface area contributed by atoms with Gasteiger partial charge >= 0.3 is 0 Å². The summed E-state index contributed by atoms with van der Waals surface area (Å²) in [7, 11) is 0. The third kappa shape index (κ3) is 3.48. The Morgan fingerprint density at radius 2 is 2.25 bits per heavy atom. The number of anilines is 2. The second-order valence-electron chi connectivity index (χ2n) is 3.95. The number of nitrogens with two attached hydrogens (primary N) is 1. The summed E-state index contributed by atoms with van der Waals surface area (Å²) in [6.07, 6.45) is 2.75. The number of carbonyl (C=O) groups excluding carboxylic acids is 1. The number of benzene rings is 1. The van der Waals surface area contributed by atoms with Gasteiger partial charge in [-0.05, 0) is 40.8 Å². The van der Waals surface area contributed by atoms with E-state index >= 15 is 0 Å². The molecular weight excluding hydrogens is 395 g/mol. The molecule has 104 valence electrons. The van der Waals surface area contributed by atoms with E-state index in [0.717, 1.165) is 0 Å². The predicted octanol–water partition coefficient (Wildman–Crippen LogP) is 1.72. The second-order valence-corrected chi connectivity index (χ2v) is 5.55. The van der Waals surface area contributed by atoms with E-state index in [-0.39, 0.29) is 18.0 Å². The first-order chi connectivity index (χ1) is 9.47. The van der Waals surface area contributed by atoms with Gasteiger partial charge in [-0.25, -0.2) is 4.98 Å². The Morgan fingerprint density at radius 3 is 2.95 bits per heavy atom. The molecule has 1 aromatic carbocycles. The number of aromatic nitrogens is 2. The van der Waals surface area contributed by atoms with Crippen LogP contribution in [0.5, 0.6) is 0 Å². The molecule has 1 amide bonds. The molecule has 0 aliphatic heterocycles. The molecule has 0 spiro atoms. The van der Waals surface area contributed by atoms with Gasteiger partial charge in [-0.2, -0.15) is 0 Å². The Kier molecular flexibility index (Phi) is 4.61. The monoisotopic (exact) mass is 404 g/mol. The molecular formula is C12H10ClIN4O2. The molecule has 20 heavy (non-hydrogen) atoms. The minimum Gasteiger partial charge on any atom is -0.397 e. The quantitative estimate of drug-likeness (QED) is 0.602. The first kappa shape index (κ1) is 14.8. The summed E-state index contributed by atoms with van der Waals surface area (Å²) >= 11 is 7.64. The fourth-order valence-electron chi connectivity index (χ4n) is 1.53. The standard InChI is InChI=1S/C12H10ClIN4O2/c13-7-1-2-10(9(15)3-7)17-11(19)5-18-6-16-4-8(14)12(18)20/h1-4,6H,5,15H2,(H,17,19). The van der Waals surface area contributed by atoms with Crippen LogP contribution in [0, 0.1) is 3.57 Å². The van der Waals surface area contributed by atoms with Crippen LogP contribution in [0.25, 0.3) is 0 Å². The van der Waals surface area contributed by atoms with Crippen LogP contribution in [0.15, 0.2) is 35.5 Å². The summed E-state index contributed by atoms with van der Waals surface area (Å²) in [5.74, 6) is -0.370. The highest BCUT2D eigenvalue weighted by atomic mass is 127. The van der Waals surface area contributed by atoms with E-state index in [4.69, 9.17) is 17.3 Å². The molecule has 8 heteroatoms. The summed E-state index contributed by atoms with van der Waals surface area (Å²) in [5, 5.41) is 3.10. The first-order valence-corrected chi connectivity index (χ1v) is 6.98. The minimum atomic E-state index is -0.370. The lowest BCUT2D eigenvalue weighted by atomic mass is 10.2. The molecule has 0 atom stereocenters. The van der Waals surface area contributed by atoms with Crippen molar-refractivity contribution in [2.75, 3.05) is 11.1 Å². The van der Waals surface area contributed by atoms with Gasteiger partial charge in [0.25, 0.3) is 5.56 Å². The fraction of sp³-hybridized carbons (Fsp3) is 0.0833. The van der Waals surface area contributed by atoms with Crippen molar-refractivity contribution in [2.24, 2.45) is 0 Å². The maximum atomic E-state index is 11.9. The van der Waals surface area contributed by atoms with Crippen molar-refractivity contribution in [1.82, 2.24) is 9.55 Å². The molecule has 0 saturated carbocycles. The average molecular weight is 405 g/mol. The molecule has 0 radical (unpaired) electrons. The van der Waals surface area contributed by atoms with Gasteiger partial charge in [0, 0.05) is 11.2 Å². The van der Waals surface area contributed by atoms with Crippen LogP contribution in [-0.4, -0.2) is 15.5 Å². The lowest BCUT2D eigenvalue weighted by molar-refractivity contribution is -0.116. The number of nitrogen functional groups attached to an aromatic ring is 1. The number of rotatable bonds is 3. The predicted molar refractivity (Wildman–Crippen MR) is 85.7 cm³/mol. The molecule has 1 heterocycles. The van der Waals surface area contributed by atoms with Crippen LogP contribution < -0.4 is 16.6 Å². The van der Waals surface area contributed by atoms with Gasteiger partial charge in [0.1, 0.15) is 6.54 Å². The van der Waals surface area contributed by atoms with Gasteiger partial charge in [-0.1, -0.05) is 11.6 Å². The van der Waals surface area contributed by atoms with E-state index in [9.17, 15) is 9.59 Å². The molecule has 0 bridgehead atoms. The largest absolute Gasteiger partial charge is 0.397 e. The minimum absolute atomic E-state index is 0.134. The SMILES string of the molecule is Nc1cc(Cl)ccc1NC(=O)Cn1cncc(I)c1=O. The second kappa shape index (κ2) is 6.23. The molecule has 0 unspecified atom stereocenters. The Bertz CT molecular complexity index is 717. The molecule has 0 saturated heterocycles. The summed E-state index contributed by atoms with van der Waals surface area (Å²) in [4.78, 5) is 27.5. The smallest absolute Gasteiger partial charge is 0.267 e. The van der Waals surface area contributed by atoms with Gasteiger partial charge in [0.2, 0.25) is 5.91 Å². The van der Waals surface area contributed by atoms with Crippen molar-refractivity contribution in [2.45, 2.75) is 6.54 Å². The molecule has 0 fully saturated rings. The molecule has 3 N–H and O–H groups in total. The molecule has 0 aliphatic rings. The number of amides is 1. The zero-order chi connectivity index (χ0) is 14.7. The average Bonchev–Trinajstić information content (AvgIpc) is 2.38. The maximum absolute atomic E-state index is 11.9. The van der Waals surface area contributed by atoms with Crippen LogP contribution in [0.2, 0.25) is 5.02 Å². The van der Waals surface area contributed by atoms with E-state index in [1.807, 2.05) is 22.6 Å². The zero-order valence-electron chi connectivity index (χ0n) is 10.1. The van der Waals surface area contributed by atoms with Crippen molar-refractivity contribution in [3.8, 4) is 0 Å². The lowest BCUT2D eigenvalue weighted by Gasteiger charge is -2.09. The zero-order valence-corrected chi connectivity index (χ0v) is 13.1. The third-order valence-corrected chi connectivity index (χ3v) is 3.44. The number of hydrogen-bond acceptors (Lipinski definition) is 4. The molecule has 2 aromatic rings. The van der Waals surface area contributed by atoms with E-state index in [1.54, 1.807) is 12.1 Å². The van der Waals surface area contributed by atoms with Gasteiger partial charge in [0.15, 0.2) is 0 Å². The molecule has 6 nitrogen and oxygen atoms in total.